The Labute approximate surface area is 294 Å². The van der Waals surface area contributed by atoms with E-state index in [1.165, 1.54) is 31.4 Å². The van der Waals surface area contributed by atoms with Gasteiger partial charge in [-0.15, -0.1) is 0 Å². The van der Waals surface area contributed by atoms with E-state index in [-0.39, 0.29) is 45.8 Å². The number of hydrogen-bond donors (Lipinski definition) is 6. The number of nitrogen functional groups attached to an aromatic ring is 1. The molecule has 1 atom stereocenters. The van der Waals surface area contributed by atoms with Gasteiger partial charge in [-0.2, -0.15) is 0 Å². The van der Waals surface area contributed by atoms with Crippen molar-refractivity contribution in [3.63, 3.8) is 0 Å². The first-order valence-corrected chi connectivity index (χ1v) is 17.3. The molecule has 4 aliphatic rings. The van der Waals surface area contributed by atoms with Crippen molar-refractivity contribution < 1.29 is 34.2 Å². The van der Waals surface area contributed by atoms with Gasteiger partial charge in [-0.05, 0) is 109 Å². The topological polar surface area (TPSA) is 188 Å². The first-order chi connectivity index (χ1) is 24.5. The molecule has 0 aromatic heterocycles. The van der Waals surface area contributed by atoms with Gasteiger partial charge in [-0.25, -0.2) is 9.59 Å². The van der Waals surface area contributed by atoms with Gasteiger partial charge in [0.15, 0.2) is 0 Å². The van der Waals surface area contributed by atoms with Crippen molar-refractivity contribution in [1.29, 1.82) is 0 Å². The average molecular weight is 689 g/mol. The van der Waals surface area contributed by atoms with Gasteiger partial charge in [0.1, 0.15) is 0 Å². The molecule has 4 saturated carbocycles. The molecule has 4 fully saturated rings. The zero-order valence-electron chi connectivity index (χ0n) is 28.0. The van der Waals surface area contributed by atoms with Crippen LogP contribution in [-0.4, -0.2) is 53.0 Å². The Balaban J connectivity index is 1.14. The maximum Gasteiger partial charge on any atom is 0.335 e. The zero-order valence-corrected chi connectivity index (χ0v) is 28.0. The van der Waals surface area contributed by atoms with E-state index in [4.69, 9.17) is 5.73 Å². The molecule has 3 amide bonds. The highest BCUT2D eigenvalue weighted by Crippen LogP contribution is 2.59. The van der Waals surface area contributed by atoms with Crippen LogP contribution in [0.1, 0.15) is 91.4 Å². The number of rotatable bonds is 11. The molecule has 7 N–H and O–H groups in total. The summed E-state index contributed by atoms with van der Waals surface area (Å²) in [7, 11) is 0. The van der Waals surface area contributed by atoms with Crippen LogP contribution in [0.15, 0.2) is 78.9 Å². The summed E-state index contributed by atoms with van der Waals surface area (Å²) in [5, 5.41) is 29.0. The molecular formula is C40H40N4O7. The first-order valence-electron chi connectivity index (χ1n) is 17.3. The molecule has 11 heteroatoms. The highest BCUT2D eigenvalue weighted by atomic mass is 16.4. The quantitative estimate of drug-likeness (QED) is 0.105. The number of hydrogen-bond acceptors (Lipinski definition) is 6. The molecule has 262 valence electrons. The van der Waals surface area contributed by atoms with Crippen LogP contribution in [0, 0.1) is 23.2 Å². The van der Waals surface area contributed by atoms with Crippen molar-refractivity contribution in [2.75, 3.05) is 24.1 Å². The molecule has 8 rings (SSSR count). The number of carboxylic acid groups (broad SMARTS) is 2. The molecule has 11 nitrogen and oxygen atoms in total. The fourth-order valence-corrected chi connectivity index (χ4v) is 9.11. The number of fused-ring (bicyclic) bond motifs is 1. The van der Waals surface area contributed by atoms with Gasteiger partial charge >= 0.3 is 11.9 Å². The fourth-order valence-electron chi connectivity index (χ4n) is 9.11. The van der Waals surface area contributed by atoms with E-state index in [1.807, 2.05) is 6.07 Å². The standard InChI is InChI=1S/C40H40N4O7/c41-34-8-4-7-26-15-31(36(46)43-21-40-17-22-9-23(18-40)11-24(10-22)19-40)32(16-30(26)34)35(45)42-20-33(25-5-2-1-3-6-25)37(47)44-29-13-27(38(48)49)12-28(14-29)39(50)51/h1-8,12-16,22-24,33H,9-11,17-21,41H2,(H,42,45)(H,43,46)(H,44,47)(H,48,49)(H,50,51). The van der Waals surface area contributed by atoms with Gasteiger partial charge in [-0.1, -0.05) is 42.5 Å². The minimum absolute atomic E-state index is 0.0208. The van der Waals surface area contributed by atoms with E-state index >= 15 is 0 Å². The summed E-state index contributed by atoms with van der Waals surface area (Å²) in [6, 6.07) is 20.7. The molecule has 4 aliphatic carbocycles. The number of carboxylic acids is 2. The smallest absolute Gasteiger partial charge is 0.335 e. The molecule has 4 aromatic rings. The monoisotopic (exact) mass is 688 g/mol. The van der Waals surface area contributed by atoms with Crippen LogP contribution in [0.5, 0.6) is 0 Å². The summed E-state index contributed by atoms with van der Waals surface area (Å²) < 4.78 is 0. The number of aromatic carboxylic acids is 2. The normalized spacial score (nSPS) is 22.2. The Kier molecular flexibility index (Phi) is 8.97. The molecule has 4 bridgehead atoms. The summed E-state index contributed by atoms with van der Waals surface area (Å²) >= 11 is 0. The predicted octanol–water partition coefficient (Wildman–Crippen LogP) is 5.92. The van der Waals surface area contributed by atoms with E-state index in [0.29, 0.717) is 23.2 Å². The number of nitrogens with one attached hydrogen (secondary N) is 3. The summed E-state index contributed by atoms with van der Waals surface area (Å²) in [5.74, 6) is -2.99. The lowest BCUT2D eigenvalue weighted by Gasteiger charge is -2.56. The largest absolute Gasteiger partial charge is 0.478 e. The van der Waals surface area contributed by atoms with Crippen molar-refractivity contribution >= 4 is 51.8 Å². The molecule has 0 spiro atoms. The van der Waals surface area contributed by atoms with Gasteiger partial charge in [-0.3, -0.25) is 14.4 Å². The van der Waals surface area contributed by atoms with Gasteiger partial charge in [0.05, 0.1) is 28.2 Å². The number of amides is 3. The molecule has 0 radical (unpaired) electrons. The van der Waals surface area contributed by atoms with Crippen LogP contribution >= 0.6 is 0 Å². The lowest BCUT2D eigenvalue weighted by molar-refractivity contribution is -0.117. The third-order valence-corrected chi connectivity index (χ3v) is 11.0. The van der Waals surface area contributed by atoms with Gasteiger partial charge in [0.25, 0.3) is 11.8 Å². The second kappa shape index (κ2) is 13.5. The molecule has 4 aromatic carbocycles. The number of benzene rings is 4. The van der Waals surface area contributed by atoms with Crippen LogP contribution in [0.25, 0.3) is 10.8 Å². The SMILES string of the molecule is Nc1cccc2cc(C(=O)NCC34CC5CC(CC(C5)C3)C4)c(C(=O)NCC(C(=O)Nc3cc(C(=O)O)cc(C(=O)O)c3)c3ccccc3)cc12. The van der Waals surface area contributed by atoms with E-state index in [0.717, 1.165) is 48.5 Å². The number of carbonyl (C=O) groups is 5. The molecule has 0 saturated heterocycles. The third kappa shape index (κ3) is 7.01. The maximum absolute atomic E-state index is 14.0. The van der Waals surface area contributed by atoms with E-state index in [9.17, 15) is 34.2 Å². The summed E-state index contributed by atoms with van der Waals surface area (Å²) in [5.41, 5.74) is 7.09. The van der Waals surface area contributed by atoms with Crippen LogP contribution in [0.2, 0.25) is 0 Å². The summed E-state index contributed by atoms with van der Waals surface area (Å²) in [6.07, 6.45) is 7.27. The highest BCUT2D eigenvalue weighted by molar-refractivity contribution is 6.12. The van der Waals surface area contributed by atoms with Crippen molar-refractivity contribution in [2.24, 2.45) is 23.2 Å². The first kappa shape index (κ1) is 33.8. The fraction of sp³-hybridized carbons (Fsp3) is 0.325. The van der Waals surface area contributed by atoms with Gasteiger partial charge < -0.3 is 31.9 Å². The molecule has 1 unspecified atom stereocenters. The third-order valence-electron chi connectivity index (χ3n) is 11.0. The number of nitrogens with two attached hydrogens (primary N) is 1. The average Bonchev–Trinajstić information content (AvgIpc) is 3.10. The second-order valence-electron chi connectivity index (χ2n) is 14.6. The lowest BCUT2D eigenvalue weighted by Crippen LogP contribution is -2.51. The Bertz CT molecular complexity index is 1990. The Morgan fingerprint density at radius 1 is 0.725 bits per heavy atom. The minimum atomic E-state index is -1.35. The second-order valence-corrected chi connectivity index (χ2v) is 14.6. The Hall–Kier alpha value is -5.71. The molecule has 0 heterocycles. The highest BCUT2D eigenvalue weighted by Gasteiger charge is 2.50. The lowest BCUT2D eigenvalue weighted by atomic mass is 9.49. The summed E-state index contributed by atoms with van der Waals surface area (Å²) in [4.78, 5) is 65.0. The number of anilines is 2. The summed E-state index contributed by atoms with van der Waals surface area (Å²) in [6.45, 7) is 0.379. The number of carbonyl (C=O) groups excluding carboxylic acids is 3. The van der Waals surface area contributed by atoms with E-state index in [1.54, 1.807) is 54.6 Å². The van der Waals surface area contributed by atoms with Crippen molar-refractivity contribution in [2.45, 2.75) is 44.4 Å². The van der Waals surface area contributed by atoms with Crippen LogP contribution < -0.4 is 21.7 Å². The van der Waals surface area contributed by atoms with Crippen molar-refractivity contribution in [1.82, 2.24) is 10.6 Å². The molecular weight excluding hydrogens is 648 g/mol. The molecule has 51 heavy (non-hydrogen) atoms. The van der Waals surface area contributed by atoms with Crippen molar-refractivity contribution in [3.05, 3.63) is 107 Å². The zero-order chi connectivity index (χ0) is 35.9. The van der Waals surface area contributed by atoms with Gasteiger partial charge in [0, 0.05) is 29.9 Å². The van der Waals surface area contributed by atoms with Crippen LogP contribution in [-0.2, 0) is 4.79 Å². The Morgan fingerprint density at radius 3 is 1.92 bits per heavy atom. The van der Waals surface area contributed by atoms with E-state index in [2.05, 4.69) is 16.0 Å². The van der Waals surface area contributed by atoms with Crippen LogP contribution in [0.3, 0.4) is 0 Å². The van der Waals surface area contributed by atoms with E-state index < -0.39 is 29.7 Å². The minimum Gasteiger partial charge on any atom is -0.478 e. The Morgan fingerprint density at radius 2 is 1.31 bits per heavy atom. The van der Waals surface area contributed by atoms with Gasteiger partial charge in [0.2, 0.25) is 5.91 Å². The van der Waals surface area contributed by atoms with Crippen LogP contribution in [0.4, 0.5) is 11.4 Å². The predicted molar refractivity (Wildman–Crippen MR) is 192 cm³/mol. The molecule has 0 aliphatic heterocycles. The maximum atomic E-state index is 14.0. The van der Waals surface area contributed by atoms with Crippen molar-refractivity contribution in [3.8, 4) is 0 Å².